The van der Waals surface area contributed by atoms with E-state index in [4.69, 9.17) is 4.42 Å². The van der Waals surface area contributed by atoms with Gasteiger partial charge in [0.05, 0.1) is 6.54 Å². The van der Waals surface area contributed by atoms with Crippen LogP contribution >= 0.6 is 15.9 Å². The van der Waals surface area contributed by atoms with Crippen molar-refractivity contribution in [3.05, 3.63) is 16.5 Å². The molecule has 0 saturated carbocycles. The predicted molar refractivity (Wildman–Crippen MR) is 86.7 cm³/mol. The molecule has 0 atom stereocenters. The first-order chi connectivity index (χ1) is 9.77. The summed E-state index contributed by atoms with van der Waals surface area (Å²) in [7, 11) is -1.60. The Morgan fingerprint density at radius 1 is 1.43 bits per heavy atom. The van der Waals surface area contributed by atoms with Gasteiger partial charge in [-0.3, -0.25) is 0 Å². The van der Waals surface area contributed by atoms with Gasteiger partial charge in [-0.25, -0.2) is 13.1 Å². The molecule has 1 rings (SSSR count). The zero-order valence-corrected chi connectivity index (χ0v) is 15.3. The number of nitrogens with zero attached hydrogens (tertiary/aromatic N) is 1. The lowest BCUT2D eigenvalue weighted by molar-refractivity contribution is 0.278. The second kappa shape index (κ2) is 8.28. The first-order valence-electron chi connectivity index (χ1n) is 6.96. The Morgan fingerprint density at radius 3 is 2.67 bits per heavy atom. The van der Waals surface area contributed by atoms with E-state index in [0.717, 1.165) is 6.54 Å². The maximum absolute atomic E-state index is 12.3. The molecule has 0 aliphatic carbocycles. The molecule has 0 unspecified atom stereocenters. The number of hydrogen-bond acceptors (Lipinski definition) is 5. The van der Waals surface area contributed by atoms with Gasteiger partial charge in [-0.15, -0.1) is 0 Å². The van der Waals surface area contributed by atoms with Gasteiger partial charge in [0.15, 0.2) is 4.67 Å². The Morgan fingerprint density at radius 2 is 2.10 bits per heavy atom. The first-order valence-corrected chi connectivity index (χ1v) is 9.24. The highest BCUT2D eigenvalue weighted by Gasteiger charge is 2.22. The van der Waals surface area contributed by atoms with Gasteiger partial charge in [0.25, 0.3) is 0 Å². The van der Waals surface area contributed by atoms with E-state index < -0.39 is 10.0 Å². The molecule has 1 aromatic rings. The molecule has 0 fully saturated rings. The van der Waals surface area contributed by atoms with Crippen molar-refractivity contribution in [1.82, 2.24) is 14.9 Å². The molecule has 1 heterocycles. The lowest BCUT2D eigenvalue weighted by Gasteiger charge is -2.20. The van der Waals surface area contributed by atoms with E-state index in [1.54, 1.807) is 6.07 Å². The average molecular weight is 382 g/mol. The quantitative estimate of drug-likeness (QED) is 0.681. The normalized spacial score (nSPS) is 12.5. The molecule has 6 nitrogen and oxygen atoms in total. The van der Waals surface area contributed by atoms with E-state index >= 15 is 0 Å². The molecule has 122 valence electrons. The number of likely N-dealkylation sites (N-methyl/N-ethyl adjacent to an activating group) is 1. The van der Waals surface area contributed by atoms with Gasteiger partial charge < -0.3 is 14.6 Å². The molecule has 0 aromatic carbocycles. The number of sulfonamides is 1. The third kappa shape index (κ3) is 5.71. The lowest BCUT2D eigenvalue weighted by Crippen LogP contribution is -2.36. The summed E-state index contributed by atoms with van der Waals surface area (Å²) in [5, 5.41) is 3.09. The van der Waals surface area contributed by atoms with Crippen LogP contribution in [0.3, 0.4) is 0 Å². The summed E-state index contributed by atoms with van der Waals surface area (Å²) in [6.07, 6.45) is 0. The summed E-state index contributed by atoms with van der Waals surface area (Å²) >= 11 is 3.16. The highest BCUT2D eigenvalue weighted by Crippen LogP contribution is 2.25. The average Bonchev–Trinajstić information content (AvgIpc) is 2.78. The SMILES string of the molecule is CCNCc1cc(S(=O)(=O)NCCN(C)C(C)C)c(Br)o1. The molecule has 0 aliphatic heterocycles. The van der Waals surface area contributed by atoms with Crippen LogP contribution in [-0.2, 0) is 16.6 Å². The van der Waals surface area contributed by atoms with Crippen molar-refractivity contribution in [3.63, 3.8) is 0 Å². The molecule has 0 aliphatic rings. The Balaban J connectivity index is 2.67. The molecule has 21 heavy (non-hydrogen) atoms. The van der Waals surface area contributed by atoms with Crippen molar-refractivity contribution < 1.29 is 12.8 Å². The first kappa shape index (κ1) is 18.6. The Kier molecular flexibility index (Phi) is 7.35. The van der Waals surface area contributed by atoms with Crippen molar-refractivity contribution in [2.45, 2.75) is 38.3 Å². The maximum atomic E-state index is 12.3. The van der Waals surface area contributed by atoms with Gasteiger partial charge in [0, 0.05) is 25.2 Å². The number of halogens is 1. The van der Waals surface area contributed by atoms with E-state index in [2.05, 4.69) is 44.7 Å². The van der Waals surface area contributed by atoms with Crippen LogP contribution in [0.5, 0.6) is 0 Å². The van der Waals surface area contributed by atoms with Crippen LogP contribution in [-0.4, -0.2) is 46.0 Å². The highest BCUT2D eigenvalue weighted by molar-refractivity contribution is 9.10. The lowest BCUT2D eigenvalue weighted by atomic mass is 10.3. The van der Waals surface area contributed by atoms with E-state index in [9.17, 15) is 8.42 Å². The summed E-state index contributed by atoms with van der Waals surface area (Å²) in [6, 6.07) is 1.92. The van der Waals surface area contributed by atoms with Crippen LogP contribution in [0.1, 0.15) is 26.5 Å². The Hall–Kier alpha value is -0.410. The zero-order chi connectivity index (χ0) is 16.0. The van der Waals surface area contributed by atoms with Gasteiger partial charge in [-0.05, 0) is 43.4 Å². The van der Waals surface area contributed by atoms with Crippen molar-refractivity contribution >= 4 is 26.0 Å². The number of nitrogens with one attached hydrogen (secondary N) is 2. The molecule has 1 aromatic heterocycles. The number of furan rings is 1. The molecule has 0 saturated heterocycles. The van der Waals surface area contributed by atoms with Crippen LogP contribution in [0.15, 0.2) is 20.0 Å². The van der Waals surface area contributed by atoms with Crippen LogP contribution in [0, 0.1) is 0 Å². The topological polar surface area (TPSA) is 74.6 Å². The molecule has 2 N–H and O–H groups in total. The molecule has 0 bridgehead atoms. The van der Waals surface area contributed by atoms with Gasteiger partial charge >= 0.3 is 0 Å². The van der Waals surface area contributed by atoms with Gasteiger partial charge in [-0.1, -0.05) is 6.92 Å². The van der Waals surface area contributed by atoms with E-state index in [1.807, 2.05) is 14.0 Å². The van der Waals surface area contributed by atoms with Crippen molar-refractivity contribution in [3.8, 4) is 0 Å². The number of hydrogen-bond donors (Lipinski definition) is 2. The van der Waals surface area contributed by atoms with Gasteiger partial charge in [0.1, 0.15) is 10.7 Å². The maximum Gasteiger partial charge on any atom is 0.245 e. The van der Waals surface area contributed by atoms with Crippen molar-refractivity contribution in [2.24, 2.45) is 0 Å². The van der Waals surface area contributed by atoms with Crippen molar-refractivity contribution in [1.29, 1.82) is 0 Å². The summed E-state index contributed by atoms with van der Waals surface area (Å²) in [4.78, 5) is 2.21. The molecular formula is C13H24BrN3O3S. The molecule has 8 heteroatoms. The highest BCUT2D eigenvalue weighted by atomic mass is 79.9. The van der Waals surface area contributed by atoms with E-state index in [0.29, 0.717) is 31.4 Å². The minimum atomic E-state index is -3.56. The fourth-order valence-electron chi connectivity index (χ4n) is 1.61. The van der Waals surface area contributed by atoms with Gasteiger partial charge in [-0.2, -0.15) is 0 Å². The van der Waals surface area contributed by atoms with E-state index in [-0.39, 0.29) is 9.56 Å². The second-order valence-corrected chi connectivity index (χ2v) is 7.56. The Bertz CT molecular complexity index is 543. The smallest absolute Gasteiger partial charge is 0.245 e. The fraction of sp³-hybridized carbons (Fsp3) is 0.692. The largest absolute Gasteiger partial charge is 0.452 e. The Labute approximate surface area is 135 Å². The fourth-order valence-corrected chi connectivity index (χ4v) is 3.63. The summed E-state index contributed by atoms with van der Waals surface area (Å²) in [6.45, 7) is 8.40. The summed E-state index contributed by atoms with van der Waals surface area (Å²) in [5.41, 5.74) is 0. The van der Waals surface area contributed by atoms with E-state index in [1.165, 1.54) is 0 Å². The summed E-state index contributed by atoms with van der Waals surface area (Å²) < 4.78 is 32.7. The minimum absolute atomic E-state index is 0.141. The van der Waals surface area contributed by atoms with Crippen LogP contribution < -0.4 is 10.0 Å². The third-order valence-corrected chi connectivity index (χ3v) is 5.50. The second-order valence-electron chi connectivity index (χ2n) is 5.10. The van der Waals surface area contributed by atoms with Crippen LogP contribution in [0.25, 0.3) is 0 Å². The zero-order valence-electron chi connectivity index (χ0n) is 12.9. The molecule has 0 spiro atoms. The monoisotopic (exact) mass is 381 g/mol. The molecule has 0 radical (unpaired) electrons. The standard InChI is InChI=1S/C13H24BrN3O3S/c1-5-15-9-11-8-12(13(14)20-11)21(18,19)16-6-7-17(4)10(2)3/h8,10,15-16H,5-7,9H2,1-4H3. The number of rotatable bonds is 9. The van der Waals surface area contributed by atoms with Crippen LogP contribution in [0.4, 0.5) is 0 Å². The van der Waals surface area contributed by atoms with Gasteiger partial charge in [0.2, 0.25) is 10.0 Å². The predicted octanol–water partition coefficient (Wildman–Crippen LogP) is 1.77. The molecular weight excluding hydrogens is 358 g/mol. The summed E-state index contributed by atoms with van der Waals surface area (Å²) in [5.74, 6) is 0.586. The molecule has 0 amide bonds. The van der Waals surface area contributed by atoms with Crippen LogP contribution in [0.2, 0.25) is 0 Å². The minimum Gasteiger partial charge on any atom is -0.452 e. The third-order valence-electron chi connectivity index (χ3n) is 3.18. The van der Waals surface area contributed by atoms with Crippen molar-refractivity contribution in [2.75, 3.05) is 26.7 Å².